The van der Waals surface area contributed by atoms with Crippen molar-refractivity contribution in [2.75, 3.05) is 13.1 Å². The molecule has 128 valence electrons. The van der Waals surface area contributed by atoms with Gasteiger partial charge in [0.05, 0.1) is 18.7 Å². The number of H-pyrrole nitrogens is 1. The number of aryl methyl sites for hydroxylation is 1. The van der Waals surface area contributed by atoms with Crippen LogP contribution in [-0.4, -0.2) is 45.2 Å². The zero-order chi connectivity index (χ0) is 17.2. The number of fused-ring (bicyclic) bond motifs is 1. The molecule has 0 spiro atoms. The molecule has 1 aliphatic rings. The second-order valence-electron chi connectivity index (χ2n) is 6.42. The van der Waals surface area contributed by atoms with Crippen LogP contribution in [0.2, 0.25) is 0 Å². The molecule has 1 fully saturated rings. The third-order valence-corrected chi connectivity index (χ3v) is 4.58. The largest absolute Gasteiger partial charge is 0.471 e. The predicted octanol–water partition coefficient (Wildman–Crippen LogP) is 2.49. The minimum absolute atomic E-state index is 0.0241. The monoisotopic (exact) mass is 336 g/mol. The van der Waals surface area contributed by atoms with E-state index in [1.165, 1.54) is 0 Å². The average Bonchev–Trinajstić information content (AvgIpc) is 3.25. The van der Waals surface area contributed by atoms with Gasteiger partial charge >= 0.3 is 0 Å². The lowest BCUT2D eigenvalue weighted by Crippen LogP contribution is -2.32. The maximum absolute atomic E-state index is 12.6. The lowest BCUT2D eigenvalue weighted by molar-refractivity contribution is -0.129. The highest BCUT2D eigenvalue weighted by atomic mass is 16.5. The Morgan fingerprint density at radius 2 is 2.16 bits per heavy atom. The molecular formula is C19H20N4O2. The van der Waals surface area contributed by atoms with E-state index >= 15 is 0 Å². The smallest absolute Gasteiger partial charge is 0.233 e. The number of para-hydroxylation sites is 1. The first kappa shape index (κ1) is 15.6. The summed E-state index contributed by atoms with van der Waals surface area (Å²) < 4.78 is 5.84. The van der Waals surface area contributed by atoms with E-state index in [2.05, 4.69) is 15.2 Å². The number of rotatable bonds is 4. The van der Waals surface area contributed by atoms with E-state index in [0.717, 1.165) is 28.6 Å². The molecule has 1 aliphatic heterocycles. The Morgan fingerprint density at radius 3 is 3.00 bits per heavy atom. The molecule has 6 heteroatoms. The van der Waals surface area contributed by atoms with Crippen LogP contribution < -0.4 is 4.74 Å². The van der Waals surface area contributed by atoms with Crippen molar-refractivity contribution in [1.82, 2.24) is 20.1 Å². The summed E-state index contributed by atoms with van der Waals surface area (Å²) in [6.45, 7) is 3.19. The van der Waals surface area contributed by atoms with Crippen molar-refractivity contribution in [3.63, 3.8) is 0 Å². The summed E-state index contributed by atoms with van der Waals surface area (Å²) in [5.41, 5.74) is 2.95. The summed E-state index contributed by atoms with van der Waals surface area (Å²) in [6, 6.07) is 11.7. The summed E-state index contributed by atoms with van der Waals surface area (Å²) in [7, 11) is 0. The molecule has 3 aromatic rings. The van der Waals surface area contributed by atoms with Gasteiger partial charge in [-0.2, -0.15) is 5.10 Å². The highest BCUT2D eigenvalue weighted by Gasteiger charge is 2.28. The number of likely N-dealkylation sites (tertiary alicyclic amines) is 1. The van der Waals surface area contributed by atoms with Crippen molar-refractivity contribution in [3.8, 4) is 5.88 Å². The van der Waals surface area contributed by atoms with Gasteiger partial charge in [-0.15, -0.1) is 5.10 Å². The van der Waals surface area contributed by atoms with Crippen molar-refractivity contribution >= 4 is 16.8 Å². The number of benzene rings is 1. The molecule has 1 aromatic carbocycles. The fourth-order valence-electron chi connectivity index (χ4n) is 3.22. The first-order chi connectivity index (χ1) is 12.2. The highest BCUT2D eigenvalue weighted by molar-refractivity contribution is 5.89. The van der Waals surface area contributed by atoms with Crippen molar-refractivity contribution in [1.29, 1.82) is 0 Å². The fourth-order valence-corrected chi connectivity index (χ4v) is 3.22. The van der Waals surface area contributed by atoms with Crippen LogP contribution >= 0.6 is 0 Å². The van der Waals surface area contributed by atoms with Crippen LogP contribution in [0.1, 0.15) is 17.7 Å². The maximum atomic E-state index is 12.6. The third kappa shape index (κ3) is 3.33. The van der Waals surface area contributed by atoms with E-state index < -0.39 is 0 Å². The van der Waals surface area contributed by atoms with Crippen molar-refractivity contribution in [3.05, 3.63) is 53.9 Å². The Kier molecular flexibility index (Phi) is 4.09. The topological polar surface area (TPSA) is 71.1 Å². The molecule has 2 aromatic heterocycles. The van der Waals surface area contributed by atoms with Crippen molar-refractivity contribution < 1.29 is 9.53 Å². The quantitative estimate of drug-likeness (QED) is 0.794. The molecule has 1 saturated heterocycles. The van der Waals surface area contributed by atoms with E-state index in [1.54, 1.807) is 0 Å². The number of amides is 1. The summed E-state index contributed by atoms with van der Waals surface area (Å²) in [4.78, 5) is 17.7. The standard InChI is InChI=1S/C19H20N4O2/c1-13-6-7-18(22-21-13)25-15-8-9-23(12-15)19(24)10-14-11-20-17-5-3-2-4-16(14)17/h2-7,11,15,20H,8-10,12H2,1H3/t15-/m0/s1. The molecular weight excluding hydrogens is 316 g/mol. The van der Waals surface area contributed by atoms with E-state index in [0.29, 0.717) is 25.4 Å². The number of hydrogen-bond acceptors (Lipinski definition) is 4. The number of nitrogens with zero attached hydrogens (tertiary/aromatic N) is 3. The number of nitrogens with one attached hydrogen (secondary N) is 1. The Labute approximate surface area is 145 Å². The molecule has 1 N–H and O–H groups in total. The third-order valence-electron chi connectivity index (χ3n) is 4.58. The zero-order valence-corrected chi connectivity index (χ0v) is 14.1. The van der Waals surface area contributed by atoms with Gasteiger partial charge in [-0.3, -0.25) is 4.79 Å². The molecule has 0 aliphatic carbocycles. The van der Waals surface area contributed by atoms with E-state index in [4.69, 9.17) is 4.74 Å². The summed E-state index contributed by atoms with van der Waals surface area (Å²) in [5.74, 6) is 0.646. The van der Waals surface area contributed by atoms with Gasteiger partial charge < -0.3 is 14.6 Å². The van der Waals surface area contributed by atoms with Crippen molar-refractivity contribution in [2.24, 2.45) is 0 Å². The first-order valence-corrected chi connectivity index (χ1v) is 8.49. The Bertz CT molecular complexity index is 888. The molecule has 6 nitrogen and oxygen atoms in total. The van der Waals surface area contributed by atoms with Gasteiger partial charge in [-0.1, -0.05) is 18.2 Å². The van der Waals surface area contributed by atoms with Gasteiger partial charge in [-0.25, -0.2) is 0 Å². The van der Waals surface area contributed by atoms with Crippen LogP contribution in [0.3, 0.4) is 0 Å². The molecule has 4 rings (SSSR count). The van der Waals surface area contributed by atoms with Crippen LogP contribution in [-0.2, 0) is 11.2 Å². The van der Waals surface area contributed by atoms with Gasteiger partial charge in [0.15, 0.2) is 0 Å². The highest BCUT2D eigenvalue weighted by Crippen LogP contribution is 2.21. The summed E-state index contributed by atoms with van der Waals surface area (Å²) in [5, 5.41) is 9.13. The molecule has 0 saturated carbocycles. The molecule has 3 heterocycles. The number of aromatic nitrogens is 3. The second-order valence-corrected chi connectivity index (χ2v) is 6.42. The van der Waals surface area contributed by atoms with Crippen LogP contribution in [0.4, 0.5) is 0 Å². The fraction of sp³-hybridized carbons (Fsp3) is 0.316. The zero-order valence-electron chi connectivity index (χ0n) is 14.1. The first-order valence-electron chi connectivity index (χ1n) is 8.49. The van der Waals surface area contributed by atoms with E-state index in [9.17, 15) is 4.79 Å². The van der Waals surface area contributed by atoms with Crippen molar-refractivity contribution in [2.45, 2.75) is 25.9 Å². The van der Waals surface area contributed by atoms with E-state index in [-0.39, 0.29) is 12.0 Å². The number of hydrogen-bond donors (Lipinski definition) is 1. The number of carbonyl (C=O) groups is 1. The van der Waals surface area contributed by atoms with E-state index in [1.807, 2.05) is 54.4 Å². The number of carbonyl (C=O) groups excluding carboxylic acids is 1. The van der Waals surface area contributed by atoms with Crippen LogP contribution in [0.5, 0.6) is 5.88 Å². The minimum Gasteiger partial charge on any atom is -0.471 e. The number of ether oxygens (including phenoxy) is 1. The van der Waals surface area contributed by atoms with Gasteiger partial charge in [0, 0.05) is 36.1 Å². The molecule has 1 atom stereocenters. The van der Waals surface area contributed by atoms with Crippen LogP contribution in [0, 0.1) is 6.92 Å². The lowest BCUT2D eigenvalue weighted by atomic mass is 10.1. The molecule has 25 heavy (non-hydrogen) atoms. The predicted molar refractivity (Wildman–Crippen MR) is 94.4 cm³/mol. The molecule has 1 amide bonds. The Hall–Kier alpha value is -2.89. The molecule has 0 unspecified atom stereocenters. The summed E-state index contributed by atoms with van der Waals surface area (Å²) >= 11 is 0. The van der Waals surface area contributed by atoms with Crippen LogP contribution in [0.25, 0.3) is 10.9 Å². The van der Waals surface area contributed by atoms with Gasteiger partial charge in [0.25, 0.3) is 0 Å². The Morgan fingerprint density at radius 1 is 1.28 bits per heavy atom. The second kappa shape index (κ2) is 6.55. The summed E-state index contributed by atoms with van der Waals surface area (Å²) in [6.07, 6.45) is 3.12. The average molecular weight is 336 g/mol. The minimum atomic E-state index is -0.0241. The normalized spacial score (nSPS) is 17.2. The van der Waals surface area contributed by atoms with Gasteiger partial charge in [0.1, 0.15) is 6.10 Å². The number of aromatic amines is 1. The molecule has 0 bridgehead atoms. The Balaban J connectivity index is 1.38. The maximum Gasteiger partial charge on any atom is 0.233 e. The molecule has 0 radical (unpaired) electrons. The van der Waals surface area contributed by atoms with Gasteiger partial charge in [-0.05, 0) is 24.6 Å². The SMILES string of the molecule is Cc1ccc(O[C@H]2CCN(C(=O)Cc3c[nH]c4ccccc34)C2)nn1. The van der Waals surface area contributed by atoms with Gasteiger partial charge in [0.2, 0.25) is 11.8 Å². The lowest BCUT2D eigenvalue weighted by Gasteiger charge is -2.16. The van der Waals surface area contributed by atoms with Crippen LogP contribution in [0.15, 0.2) is 42.6 Å².